The van der Waals surface area contributed by atoms with Crippen molar-refractivity contribution >= 4 is 11.6 Å². The van der Waals surface area contributed by atoms with E-state index in [2.05, 4.69) is 5.43 Å². The van der Waals surface area contributed by atoms with Crippen LogP contribution in [0.15, 0.2) is 24.3 Å². The lowest BCUT2D eigenvalue weighted by molar-refractivity contribution is 0.0745. The third kappa shape index (κ3) is 2.95. The summed E-state index contributed by atoms with van der Waals surface area (Å²) in [5.41, 5.74) is 3.69. The third-order valence-corrected chi connectivity index (χ3v) is 2.29. The molecule has 0 aliphatic heterocycles. The fraction of sp³-hybridized carbons (Fsp3) is 0.364. The van der Waals surface area contributed by atoms with Gasteiger partial charge < -0.3 is 15.1 Å². The molecule has 0 aromatic heterocycles. The maximum absolute atomic E-state index is 12.0. The summed E-state index contributed by atoms with van der Waals surface area (Å²) in [5.74, 6) is 5.27. The number of nitrogen functional groups attached to an aromatic ring is 1. The number of nitrogens with two attached hydrogens (primary N) is 1. The van der Waals surface area contributed by atoms with Gasteiger partial charge in [-0.15, -0.1) is 0 Å². The van der Waals surface area contributed by atoms with Crippen LogP contribution in [-0.2, 0) is 4.74 Å². The van der Waals surface area contributed by atoms with Gasteiger partial charge in [0, 0.05) is 20.7 Å². The first-order chi connectivity index (χ1) is 7.70. The Bertz CT molecular complexity index is 355. The van der Waals surface area contributed by atoms with Gasteiger partial charge in [0.1, 0.15) is 0 Å². The van der Waals surface area contributed by atoms with Crippen molar-refractivity contribution in [2.75, 3.05) is 32.7 Å². The number of carbonyl (C=O) groups is 1. The van der Waals surface area contributed by atoms with Crippen molar-refractivity contribution < 1.29 is 9.53 Å². The third-order valence-electron chi connectivity index (χ3n) is 2.29. The second-order valence-electron chi connectivity index (χ2n) is 3.41. The zero-order chi connectivity index (χ0) is 12.0. The Kier molecular flexibility index (Phi) is 4.75. The summed E-state index contributed by atoms with van der Waals surface area (Å²) in [7, 11) is 3.34. The van der Waals surface area contributed by atoms with Crippen molar-refractivity contribution in [2.45, 2.75) is 0 Å². The number of para-hydroxylation sites is 1. The van der Waals surface area contributed by atoms with Crippen LogP contribution in [0.25, 0.3) is 0 Å². The van der Waals surface area contributed by atoms with Gasteiger partial charge in [-0.05, 0) is 12.1 Å². The fourth-order valence-electron chi connectivity index (χ4n) is 1.33. The summed E-state index contributed by atoms with van der Waals surface area (Å²) >= 11 is 0. The van der Waals surface area contributed by atoms with Crippen molar-refractivity contribution in [3.8, 4) is 0 Å². The zero-order valence-corrected chi connectivity index (χ0v) is 9.56. The second kappa shape index (κ2) is 6.09. The van der Waals surface area contributed by atoms with E-state index in [1.54, 1.807) is 37.3 Å². The number of anilines is 1. The summed E-state index contributed by atoms with van der Waals surface area (Å²) < 4.78 is 4.92. The summed E-state index contributed by atoms with van der Waals surface area (Å²) in [4.78, 5) is 13.6. The minimum absolute atomic E-state index is 0.0781. The molecule has 0 atom stereocenters. The quantitative estimate of drug-likeness (QED) is 0.569. The number of ether oxygens (including phenoxy) is 1. The summed E-state index contributed by atoms with van der Waals surface area (Å²) in [6.07, 6.45) is 0. The van der Waals surface area contributed by atoms with Crippen LogP contribution < -0.4 is 11.3 Å². The molecule has 0 saturated carbocycles. The molecule has 1 aromatic rings. The van der Waals surface area contributed by atoms with Crippen LogP contribution in [-0.4, -0.2) is 38.1 Å². The molecular formula is C11H17N3O2. The highest BCUT2D eigenvalue weighted by atomic mass is 16.5. The van der Waals surface area contributed by atoms with Crippen molar-refractivity contribution in [3.05, 3.63) is 29.8 Å². The van der Waals surface area contributed by atoms with Gasteiger partial charge in [0.05, 0.1) is 17.9 Å². The summed E-state index contributed by atoms with van der Waals surface area (Å²) in [6.45, 7) is 1.06. The van der Waals surface area contributed by atoms with Gasteiger partial charge in [-0.3, -0.25) is 10.6 Å². The van der Waals surface area contributed by atoms with E-state index in [1.807, 2.05) is 6.07 Å². The molecule has 16 heavy (non-hydrogen) atoms. The zero-order valence-electron chi connectivity index (χ0n) is 9.56. The van der Waals surface area contributed by atoms with Gasteiger partial charge in [-0.2, -0.15) is 0 Å². The SMILES string of the molecule is COCCN(C)C(=O)c1ccccc1NN. The van der Waals surface area contributed by atoms with E-state index in [0.29, 0.717) is 24.4 Å². The monoisotopic (exact) mass is 223 g/mol. The highest BCUT2D eigenvalue weighted by Crippen LogP contribution is 2.15. The van der Waals surface area contributed by atoms with Crippen LogP contribution in [0.5, 0.6) is 0 Å². The largest absolute Gasteiger partial charge is 0.383 e. The highest BCUT2D eigenvalue weighted by Gasteiger charge is 2.14. The molecule has 0 bridgehead atoms. The average molecular weight is 223 g/mol. The number of benzene rings is 1. The van der Waals surface area contributed by atoms with E-state index >= 15 is 0 Å². The molecule has 0 radical (unpaired) electrons. The normalized spacial score (nSPS) is 9.94. The van der Waals surface area contributed by atoms with Gasteiger partial charge in [0.15, 0.2) is 0 Å². The molecule has 0 heterocycles. The number of carbonyl (C=O) groups excluding carboxylic acids is 1. The molecular weight excluding hydrogens is 206 g/mol. The van der Waals surface area contributed by atoms with Crippen molar-refractivity contribution in [1.82, 2.24) is 4.90 Å². The van der Waals surface area contributed by atoms with Crippen LogP contribution in [0.3, 0.4) is 0 Å². The van der Waals surface area contributed by atoms with Crippen molar-refractivity contribution in [3.63, 3.8) is 0 Å². The van der Waals surface area contributed by atoms with E-state index in [1.165, 1.54) is 0 Å². The lowest BCUT2D eigenvalue weighted by Gasteiger charge is -2.18. The van der Waals surface area contributed by atoms with Gasteiger partial charge in [-0.25, -0.2) is 0 Å². The number of likely N-dealkylation sites (N-methyl/N-ethyl adjacent to an activating group) is 1. The summed E-state index contributed by atoms with van der Waals surface area (Å²) in [6, 6.07) is 7.12. The van der Waals surface area contributed by atoms with E-state index < -0.39 is 0 Å². The molecule has 88 valence electrons. The number of hydrazine groups is 1. The van der Waals surface area contributed by atoms with Gasteiger partial charge in [0.2, 0.25) is 0 Å². The molecule has 0 unspecified atom stereocenters. The molecule has 5 nitrogen and oxygen atoms in total. The predicted octanol–water partition coefficient (Wildman–Crippen LogP) is 0.691. The molecule has 1 rings (SSSR count). The molecule has 0 aliphatic carbocycles. The molecule has 0 fully saturated rings. The van der Waals surface area contributed by atoms with E-state index in [9.17, 15) is 4.79 Å². The highest BCUT2D eigenvalue weighted by molar-refractivity contribution is 5.99. The summed E-state index contributed by atoms with van der Waals surface area (Å²) in [5, 5.41) is 0. The first-order valence-electron chi connectivity index (χ1n) is 5.00. The number of nitrogens with zero attached hydrogens (tertiary/aromatic N) is 1. The van der Waals surface area contributed by atoms with Crippen LogP contribution >= 0.6 is 0 Å². The molecule has 0 saturated heterocycles. The van der Waals surface area contributed by atoms with Gasteiger partial charge in [0.25, 0.3) is 5.91 Å². The van der Waals surface area contributed by atoms with Gasteiger partial charge in [-0.1, -0.05) is 12.1 Å². The van der Waals surface area contributed by atoms with Gasteiger partial charge >= 0.3 is 0 Å². The Morgan fingerprint density at radius 2 is 2.19 bits per heavy atom. The molecule has 3 N–H and O–H groups in total. The van der Waals surface area contributed by atoms with Crippen LogP contribution in [0.2, 0.25) is 0 Å². The predicted molar refractivity (Wildman–Crippen MR) is 63.1 cm³/mol. The minimum Gasteiger partial charge on any atom is -0.383 e. The first kappa shape index (κ1) is 12.5. The molecule has 0 spiro atoms. The lowest BCUT2D eigenvalue weighted by atomic mass is 10.1. The average Bonchev–Trinajstić information content (AvgIpc) is 2.34. The maximum atomic E-state index is 12.0. The minimum atomic E-state index is -0.0781. The molecule has 1 aromatic carbocycles. The number of rotatable bonds is 5. The van der Waals surface area contributed by atoms with Crippen molar-refractivity contribution in [2.24, 2.45) is 5.84 Å². The first-order valence-corrected chi connectivity index (χ1v) is 5.00. The van der Waals surface area contributed by atoms with Crippen LogP contribution in [0.1, 0.15) is 10.4 Å². The van der Waals surface area contributed by atoms with Crippen molar-refractivity contribution in [1.29, 1.82) is 0 Å². The lowest BCUT2D eigenvalue weighted by Crippen LogP contribution is -2.30. The molecule has 5 heteroatoms. The van der Waals surface area contributed by atoms with Crippen LogP contribution in [0.4, 0.5) is 5.69 Å². The Hall–Kier alpha value is -1.59. The van der Waals surface area contributed by atoms with Crippen LogP contribution in [0, 0.1) is 0 Å². The Morgan fingerprint density at radius 3 is 2.81 bits per heavy atom. The number of nitrogens with one attached hydrogen (secondary N) is 1. The topological polar surface area (TPSA) is 67.6 Å². The number of hydrogen-bond acceptors (Lipinski definition) is 4. The Morgan fingerprint density at radius 1 is 1.50 bits per heavy atom. The number of hydrogen-bond donors (Lipinski definition) is 2. The van der Waals surface area contributed by atoms with E-state index in [4.69, 9.17) is 10.6 Å². The Labute approximate surface area is 95.2 Å². The van der Waals surface area contributed by atoms with E-state index in [0.717, 1.165) is 0 Å². The molecule has 1 amide bonds. The molecule has 0 aliphatic rings. The second-order valence-corrected chi connectivity index (χ2v) is 3.41. The Balaban J connectivity index is 2.79. The fourth-order valence-corrected chi connectivity index (χ4v) is 1.33. The maximum Gasteiger partial charge on any atom is 0.255 e. The smallest absolute Gasteiger partial charge is 0.255 e. The standard InChI is InChI=1S/C11H17N3O2/c1-14(7-8-16-2)11(15)9-5-3-4-6-10(9)13-12/h3-6,13H,7-8,12H2,1-2H3. The number of methoxy groups -OCH3 is 1. The number of amides is 1. The van der Waals surface area contributed by atoms with E-state index in [-0.39, 0.29) is 5.91 Å².